The van der Waals surface area contributed by atoms with Crippen LogP contribution in [0.5, 0.6) is 0 Å². The van der Waals surface area contributed by atoms with E-state index in [2.05, 4.69) is 5.92 Å². The number of nitrogens with zero attached hydrogens (tertiary/aromatic N) is 1. The Morgan fingerprint density at radius 3 is 3.15 bits per heavy atom. The van der Waals surface area contributed by atoms with Gasteiger partial charge in [-0.1, -0.05) is 5.92 Å². The zero-order valence-corrected chi connectivity index (χ0v) is 7.84. The SMILES string of the molecule is C#CCn1c(CO)cc2sccc21. The highest BCUT2D eigenvalue weighted by Gasteiger charge is 2.07. The third-order valence-corrected chi connectivity index (χ3v) is 2.87. The van der Waals surface area contributed by atoms with Crippen molar-refractivity contribution in [1.29, 1.82) is 0 Å². The van der Waals surface area contributed by atoms with E-state index in [9.17, 15) is 0 Å². The number of aliphatic hydroxyl groups excluding tert-OH is 1. The van der Waals surface area contributed by atoms with E-state index in [1.165, 1.54) is 4.70 Å². The van der Waals surface area contributed by atoms with Crippen LogP contribution >= 0.6 is 11.3 Å². The molecule has 0 aliphatic carbocycles. The van der Waals surface area contributed by atoms with Crippen LogP contribution in [0.25, 0.3) is 10.2 Å². The highest BCUT2D eigenvalue weighted by atomic mass is 32.1. The van der Waals surface area contributed by atoms with E-state index in [1.54, 1.807) is 11.3 Å². The predicted octanol–water partition coefficient (Wildman–Crippen LogP) is 1.83. The summed E-state index contributed by atoms with van der Waals surface area (Å²) in [4.78, 5) is 0. The van der Waals surface area contributed by atoms with Gasteiger partial charge in [-0.25, -0.2) is 0 Å². The molecule has 2 rings (SSSR count). The third-order valence-electron chi connectivity index (χ3n) is 2.02. The Hall–Kier alpha value is -1.24. The van der Waals surface area contributed by atoms with E-state index in [4.69, 9.17) is 11.5 Å². The molecular weight excluding hydrogens is 182 g/mol. The lowest BCUT2D eigenvalue weighted by atomic mass is 10.4. The number of hydrogen-bond acceptors (Lipinski definition) is 2. The topological polar surface area (TPSA) is 25.2 Å². The summed E-state index contributed by atoms with van der Waals surface area (Å²) in [7, 11) is 0. The minimum Gasteiger partial charge on any atom is -0.390 e. The maximum Gasteiger partial charge on any atom is 0.0838 e. The van der Waals surface area contributed by atoms with E-state index >= 15 is 0 Å². The van der Waals surface area contributed by atoms with Crippen molar-refractivity contribution >= 4 is 21.6 Å². The van der Waals surface area contributed by atoms with Crippen molar-refractivity contribution in [1.82, 2.24) is 4.57 Å². The molecule has 13 heavy (non-hydrogen) atoms. The molecule has 0 unspecified atom stereocenters. The van der Waals surface area contributed by atoms with Crippen LogP contribution < -0.4 is 0 Å². The first kappa shape index (κ1) is 8.36. The van der Waals surface area contributed by atoms with Crippen molar-refractivity contribution in [2.45, 2.75) is 13.2 Å². The number of aliphatic hydroxyl groups is 1. The molecule has 2 aromatic heterocycles. The van der Waals surface area contributed by atoms with Crippen molar-refractivity contribution < 1.29 is 5.11 Å². The summed E-state index contributed by atoms with van der Waals surface area (Å²) in [5.41, 5.74) is 2.01. The average Bonchev–Trinajstić information content (AvgIpc) is 2.67. The molecule has 0 saturated carbocycles. The van der Waals surface area contributed by atoms with Crippen molar-refractivity contribution in [3.8, 4) is 12.3 Å². The van der Waals surface area contributed by atoms with Crippen molar-refractivity contribution in [3.63, 3.8) is 0 Å². The van der Waals surface area contributed by atoms with Gasteiger partial charge in [0, 0.05) is 5.69 Å². The fourth-order valence-corrected chi connectivity index (χ4v) is 2.28. The second-order valence-electron chi connectivity index (χ2n) is 2.75. The molecule has 0 atom stereocenters. The van der Waals surface area contributed by atoms with Gasteiger partial charge in [-0.3, -0.25) is 0 Å². The number of rotatable bonds is 2. The lowest BCUT2D eigenvalue weighted by Gasteiger charge is -2.02. The van der Waals surface area contributed by atoms with E-state index in [-0.39, 0.29) is 6.61 Å². The van der Waals surface area contributed by atoms with Crippen LogP contribution in [0.3, 0.4) is 0 Å². The van der Waals surface area contributed by atoms with Crippen LogP contribution in [-0.2, 0) is 13.2 Å². The minimum absolute atomic E-state index is 0.0447. The Morgan fingerprint density at radius 1 is 1.62 bits per heavy atom. The molecule has 0 saturated heterocycles. The molecule has 0 bridgehead atoms. The molecular formula is C10H9NOS. The molecule has 0 aromatic carbocycles. The van der Waals surface area contributed by atoms with Crippen molar-refractivity contribution in [2.75, 3.05) is 0 Å². The lowest BCUT2D eigenvalue weighted by molar-refractivity contribution is 0.272. The molecule has 66 valence electrons. The van der Waals surface area contributed by atoms with Gasteiger partial charge >= 0.3 is 0 Å². The van der Waals surface area contributed by atoms with Crippen LogP contribution in [0, 0.1) is 12.3 Å². The number of aromatic nitrogens is 1. The van der Waals surface area contributed by atoms with Crippen LogP contribution in [0.2, 0.25) is 0 Å². The van der Waals surface area contributed by atoms with Gasteiger partial charge < -0.3 is 9.67 Å². The van der Waals surface area contributed by atoms with Gasteiger partial charge in [-0.05, 0) is 17.5 Å². The molecule has 0 radical (unpaired) electrons. The summed E-state index contributed by atoms with van der Waals surface area (Å²) in [6.07, 6.45) is 5.25. The minimum atomic E-state index is 0.0447. The van der Waals surface area contributed by atoms with Gasteiger partial charge in [-0.15, -0.1) is 17.8 Å². The van der Waals surface area contributed by atoms with Crippen LogP contribution in [0.15, 0.2) is 17.5 Å². The summed E-state index contributed by atoms with van der Waals surface area (Å²) >= 11 is 1.66. The Kier molecular flexibility index (Phi) is 2.09. The maximum atomic E-state index is 9.08. The highest BCUT2D eigenvalue weighted by Crippen LogP contribution is 2.24. The average molecular weight is 191 g/mol. The molecule has 0 amide bonds. The van der Waals surface area contributed by atoms with Gasteiger partial charge in [-0.2, -0.15) is 0 Å². The fourth-order valence-electron chi connectivity index (χ4n) is 1.44. The molecule has 0 aliphatic heterocycles. The molecule has 3 heteroatoms. The summed E-state index contributed by atoms with van der Waals surface area (Å²) < 4.78 is 3.14. The lowest BCUT2D eigenvalue weighted by Crippen LogP contribution is -2.00. The summed E-state index contributed by atoms with van der Waals surface area (Å²) in [6.45, 7) is 0.569. The largest absolute Gasteiger partial charge is 0.390 e. The summed E-state index contributed by atoms with van der Waals surface area (Å²) in [5.74, 6) is 2.58. The van der Waals surface area contributed by atoms with Crippen molar-refractivity contribution in [3.05, 3.63) is 23.2 Å². The zero-order chi connectivity index (χ0) is 9.26. The molecule has 1 N–H and O–H groups in total. The smallest absolute Gasteiger partial charge is 0.0838 e. The molecule has 0 spiro atoms. The Morgan fingerprint density at radius 2 is 2.46 bits per heavy atom. The number of thiophene rings is 1. The van der Waals surface area contributed by atoms with E-state index < -0.39 is 0 Å². The summed E-state index contributed by atoms with van der Waals surface area (Å²) in [5, 5.41) is 11.1. The highest BCUT2D eigenvalue weighted by molar-refractivity contribution is 7.17. The first-order valence-corrected chi connectivity index (χ1v) is 4.84. The number of fused-ring (bicyclic) bond motifs is 1. The first-order valence-electron chi connectivity index (χ1n) is 3.96. The molecule has 2 heterocycles. The Bertz CT molecular complexity index is 461. The van der Waals surface area contributed by atoms with Gasteiger partial charge in [0.2, 0.25) is 0 Å². The third kappa shape index (κ3) is 1.24. The second-order valence-corrected chi connectivity index (χ2v) is 3.70. The Labute approximate surface area is 80.4 Å². The second kappa shape index (κ2) is 3.25. The quantitative estimate of drug-likeness (QED) is 0.720. The first-order chi connectivity index (χ1) is 6.36. The van der Waals surface area contributed by atoms with E-state index in [1.807, 2.05) is 22.1 Å². The van der Waals surface area contributed by atoms with Gasteiger partial charge in [0.05, 0.1) is 23.4 Å². The standard InChI is InChI=1S/C10H9NOS/c1-2-4-11-8(7-12)6-10-9(11)3-5-13-10/h1,3,5-6,12H,4,7H2. The van der Waals surface area contributed by atoms with Crippen LogP contribution in [-0.4, -0.2) is 9.67 Å². The van der Waals surface area contributed by atoms with Crippen LogP contribution in [0.4, 0.5) is 0 Å². The van der Waals surface area contributed by atoms with Crippen molar-refractivity contribution in [2.24, 2.45) is 0 Å². The molecule has 0 fully saturated rings. The molecule has 2 nitrogen and oxygen atoms in total. The number of hydrogen-bond donors (Lipinski definition) is 1. The van der Waals surface area contributed by atoms with E-state index in [0.29, 0.717) is 6.54 Å². The predicted molar refractivity (Wildman–Crippen MR) is 54.6 cm³/mol. The van der Waals surface area contributed by atoms with E-state index in [0.717, 1.165) is 11.2 Å². The van der Waals surface area contributed by atoms with Crippen LogP contribution in [0.1, 0.15) is 5.69 Å². The monoisotopic (exact) mass is 191 g/mol. The summed E-state index contributed by atoms with van der Waals surface area (Å²) in [6, 6.07) is 4.01. The zero-order valence-electron chi connectivity index (χ0n) is 7.03. The normalized spacial score (nSPS) is 10.5. The molecule has 0 aliphatic rings. The fraction of sp³-hybridized carbons (Fsp3) is 0.200. The maximum absolute atomic E-state index is 9.08. The number of terminal acetylenes is 1. The van der Waals surface area contributed by atoms with Gasteiger partial charge in [0.1, 0.15) is 0 Å². The van der Waals surface area contributed by atoms with Gasteiger partial charge in [0.25, 0.3) is 0 Å². The Balaban J connectivity index is 2.64. The molecule has 2 aromatic rings. The van der Waals surface area contributed by atoms with Gasteiger partial charge in [0.15, 0.2) is 0 Å².